The third-order valence-corrected chi connectivity index (χ3v) is 7.36. The van der Waals surface area contributed by atoms with Gasteiger partial charge in [-0.15, -0.1) is 0 Å². The smallest absolute Gasteiger partial charge is 0.242 e. The fourth-order valence-electron chi connectivity index (χ4n) is 3.52. The molecule has 35 heavy (non-hydrogen) atoms. The predicted molar refractivity (Wildman–Crippen MR) is 140 cm³/mol. The summed E-state index contributed by atoms with van der Waals surface area (Å²) in [6.07, 6.45) is 1.92. The van der Waals surface area contributed by atoms with Crippen molar-refractivity contribution in [2.24, 2.45) is 0 Å². The molecule has 2 atom stereocenters. The summed E-state index contributed by atoms with van der Waals surface area (Å²) in [4.78, 5) is 27.6. The lowest BCUT2D eigenvalue weighted by Gasteiger charge is -2.30. The molecule has 7 nitrogen and oxygen atoms in total. The van der Waals surface area contributed by atoms with E-state index in [4.69, 9.17) is 0 Å². The van der Waals surface area contributed by atoms with E-state index in [1.165, 1.54) is 23.1 Å². The van der Waals surface area contributed by atoms with Gasteiger partial charge >= 0.3 is 0 Å². The molecule has 192 valence electrons. The van der Waals surface area contributed by atoms with Crippen molar-refractivity contribution in [3.63, 3.8) is 0 Å². The van der Waals surface area contributed by atoms with E-state index < -0.39 is 21.9 Å². The maximum absolute atomic E-state index is 14.3. The van der Waals surface area contributed by atoms with Crippen LogP contribution >= 0.6 is 15.9 Å². The van der Waals surface area contributed by atoms with Crippen molar-refractivity contribution in [2.75, 3.05) is 17.1 Å². The number of sulfonamides is 1. The quantitative estimate of drug-likeness (QED) is 0.408. The first-order chi connectivity index (χ1) is 16.4. The van der Waals surface area contributed by atoms with Crippen LogP contribution < -0.4 is 9.62 Å². The van der Waals surface area contributed by atoms with Gasteiger partial charge in [-0.05, 0) is 56.5 Å². The fourth-order valence-corrected chi connectivity index (χ4v) is 4.93. The van der Waals surface area contributed by atoms with Crippen molar-refractivity contribution >= 4 is 43.5 Å². The van der Waals surface area contributed by atoms with Gasteiger partial charge in [0.2, 0.25) is 21.8 Å². The van der Waals surface area contributed by atoms with Gasteiger partial charge in [-0.2, -0.15) is 0 Å². The average molecular weight is 571 g/mol. The number of carbonyl (C=O) groups excluding carboxylic acids is 2. The van der Waals surface area contributed by atoms with E-state index >= 15 is 0 Å². The van der Waals surface area contributed by atoms with Crippen LogP contribution in [0.3, 0.4) is 0 Å². The van der Waals surface area contributed by atoms with Gasteiger partial charge in [0.25, 0.3) is 0 Å². The molecule has 2 amide bonds. The number of nitrogens with zero attached hydrogens (tertiary/aromatic N) is 2. The van der Waals surface area contributed by atoms with E-state index in [-0.39, 0.29) is 49.5 Å². The molecule has 0 fully saturated rings. The Bertz CT molecular complexity index is 1130. The van der Waals surface area contributed by atoms with Crippen molar-refractivity contribution in [1.82, 2.24) is 10.2 Å². The first-order valence-electron chi connectivity index (χ1n) is 11.5. The zero-order valence-corrected chi connectivity index (χ0v) is 22.9. The Labute approximate surface area is 215 Å². The Morgan fingerprint density at radius 1 is 1.11 bits per heavy atom. The van der Waals surface area contributed by atoms with Gasteiger partial charge in [-0.3, -0.25) is 13.9 Å². The highest BCUT2D eigenvalue weighted by molar-refractivity contribution is 9.10. The Kier molecular flexibility index (Phi) is 10.7. The van der Waals surface area contributed by atoms with Gasteiger partial charge in [0.15, 0.2) is 0 Å². The summed E-state index contributed by atoms with van der Waals surface area (Å²) in [5.41, 5.74) is 0.787. The van der Waals surface area contributed by atoms with Crippen molar-refractivity contribution in [2.45, 2.75) is 58.7 Å². The molecule has 0 heterocycles. The summed E-state index contributed by atoms with van der Waals surface area (Å²) >= 11 is 3.43. The van der Waals surface area contributed by atoms with Crippen LogP contribution in [0.4, 0.5) is 10.1 Å². The summed E-state index contributed by atoms with van der Waals surface area (Å²) in [6.45, 7) is 5.69. The summed E-state index contributed by atoms with van der Waals surface area (Å²) in [5.74, 6) is -1.21. The number of hydrogen-bond donors (Lipinski definition) is 1. The molecule has 0 bridgehead atoms. The number of nitrogens with one attached hydrogen (secondary N) is 1. The maximum Gasteiger partial charge on any atom is 0.242 e. The van der Waals surface area contributed by atoms with E-state index in [9.17, 15) is 22.4 Å². The van der Waals surface area contributed by atoms with Gasteiger partial charge in [-0.25, -0.2) is 12.8 Å². The van der Waals surface area contributed by atoms with Crippen LogP contribution in [0.1, 0.15) is 45.6 Å². The topological polar surface area (TPSA) is 86.8 Å². The number of carbonyl (C=O) groups is 2. The Balaban J connectivity index is 2.18. The third kappa shape index (κ3) is 8.61. The molecular weight excluding hydrogens is 537 g/mol. The van der Waals surface area contributed by atoms with E-state index in [0.717, 1.165) is 27.0 Å². The molecule has 0 saturated heterocycles. The van der Waals surface area contributed by atoms with Crippen molar-refractivity contribution in [3.05, 3.63) is 64.4 Å². The minimum absolute atomic E-state index is 0.00454. The van der Waals surface area contributed by atoms with Crippen LogP contribution in [0.15, 0.2) is 53.0 Å². The van der Waals surface area contributed by atoms with Crippen molar-refractivity contribution < 1.29 is 22.4 Å². The highest BCUT2D eigenvalue weighted by Crippen LogP contribution is 2.22. The largest absolute Gasteiger partial charge is 0.352 e. The molecule has 2 rings (SSSR count). The molecule has 0 spiro atoms. The summed E-state index contributed by atoms with van der Waals surface area (Å²) in [5, 5.41) is 2.91. The standard InChI is InChI=1S/C25H33BrFN3O4S/c1-5-18(2)28-25(32)19(3)29(17-20-10-8-11-21(26)16-20)24(31)14-9-15-30(35(4,33)34)23-13-7-6-12-22(23)27/h6-8,10-13,16,18-19H,5,9,14-15,17H2,1-4H3,(H,28,32)/t18-,19+/m0/s1. The molecule has 0 radical (unpaired) electrons. The molecule has 10 heteroatoms. The summed E-state index contributed by atoms with van der Waals surface area (Å²) in [6, 6.07) is 12.3. The lowest BCUT2D eigenvalue weighted by Crippen LogP contribution is -2.49. The highest BCUT2D eigenvalue weighted by Gasteiger charge is 2.27. The second-order valence-electron chi connectivity index (χ2n) is 8.54. The first-order valence-corrected chi connectivity index (χ1v) is 14.1. The fraction of sp³-hybridized carbons (Fsp3) is 0.440. The second kappa shape index (κ2) is 13.0. The monoisotopic (exact) mass is 569 g/mol. The normalized spacial score (nSPS) is 13.1. The van der Waals surface area contributed by atoms with E-state index in [1.807, 2.05) is 38.1 Å². The molecule has 0 aliphatic carbocycles. The van der Waals surface area contributed by atoms with E-state index in [0.29, 0.717) is 0 Å². The Morgan fingerprint density at radius 2 is 1.80 bits per heavy atom. The minimum Gasteiger partial charge on any atom is -0.352 e. The highest BCUT2D eigenvalue weighted by atomic mass is 79.9. The maximum atomic E-state index is 14.3. The van der Waals surface area contributed by atoms with Crippen molar-refractivity contribution in [3.8, 4) is 0 Å². The molecule has 0 saturated carbocycles. The molecule has 0 aliphatic rings. The molecule has 0 aromatic heterocycles. The summed E-state index contributed by atoms with van der Waals surface area (Å²) in [7, 11) is -3.76. The van der Waals surface area contributed by atoms with Gasteiger partial charge in [0, 0.05) is 30.0 Å². The number of hydrogen-bond acceptors (Lipinski definition) is 4. The zero-order chi connectivity index (χ0) is 26.2. The molecule has 2 aromatic carbocycles. The van der Waals surface area contributed by atoms with Gasteiger partial charge in [0.1, 0.15) is 11.9 Å². The van der Waals surface area contributed by atoms with Crippen LogP contribution in [-0.4, -0.2) is 50.0 Å². The molecule has 1 N–H and O–H groups in total. The van der Waals surface area contributed by atoms with E-state index in [1.54, 1.807) is 13.0 Å². The van der Waals surface area contributed by atoms with Crippen LogP contribution in [-0.2, 0) is 26.2 Å². The predicted octanol–water partition coefficient (Wildman–Crippen LogP) is 4.47. The number of rotatable bonds is 12. The van der Waals surface area contributed by atoms with Gasteiger partial charge in [-0.1, -0.05) is 47.1 Å². The molecule has 2 aromatic rings. The second-order valence-corrected chi connectivity index (χ2v) is 11.4. The summed E-state index contributed by atoms with van der Waals surface area (Å²) < 4.78 is 40.7. The lowest BCUT2D eigenvalue weighted by atomic mass is 10.1. The number of benzene rings is 2. The van der Waals surface area contributed by atoms with Crippen LogP contribution in [0.2, 0.25) is 0 Å². The van der Waals surface area contributed by atoms with Crippen molar-refractivity contribution in [1.29, 1.82) is 0 Å². The molecular formula is C25H33BrFN3O4S. The minimum atomic E-state index is -3.76. The average Bonchev–Trinajstić information content (AvgIpc) is 2.79. The van der Waals surface area contributed by atoms with Crippen LogP contribution in [0.25, 0.3) is 0 Å². The van der Waals surface area contributed by atoms with E-state index in [2.05, 4.69) is 21.2 Å². The van der Waals surface area contributed by atoms with Crippen LogP contribution in [0, 0.1) is 5.82 Å². The Morgan fingerprint density at radius 3 is 2.40 bits per heavy atom. The third-order valence-electron chi connectivity index (χ3n) is 5.68. The van der Waals surface area contributed by atoms with Gasteiger partial charge in [0.05, 0.1) is 11.9 Å². The molecule has 0 unspecified atom stereocenters. The SMILES string of the molecule is CC[C@H](C)NC(=O)[C@@H](C)N(Cc1cccc(Br)c1)C(=O)CCCN(c1ccccc1F)S(C)(=O)=O. The number of anilines is 1. The molecule has 0 aliphatic heterocycles. The van der Waals surface area contributed by atoms with Gasteiger partial charge < -0.3 is 10.2 Å². The lowest BCUT2D eigenvalue weighted by molar-refractivity contribution is -0.140. The van der Waals surface area contributed by atoms with Crippen LogP contribution in [0.5, 0.6) is 0 Å². The Hall–Kier alpha value is -2.46. The zero-order valence-electron chi connectivity index (χ0n) is 20.5. The number of amides is 2. The first kappa shape index (κ1) is 28.8. The number of halogens is 2. The number of para-hydroxylation sites is 1.